The summed E-state index contributed by atoms with van der Waals surface area (Å²) in [5.41, 5.74) is 3.16. The van der Waals surface area contributed by atoms with Crippen LogP contribution in [0.5, 0.6) is 17.2 Å². The Kier molecular flexibility index (Phi) is 5.79. The monoisotopic (exact) mass is 362 g/mol. The highest BCUT2D eigenvalue weighted by Crippen LogP contribution is 2.29. The first-order chi connectivity index (χ1) is 13.1. The minimum Gasteiger partial charge on any atom is -0.508 e. The second-order valence-corrected chi connectivity index (χ2v) is 6.11. The van der Waals surface area contributed by atoms with Crippen molar-refractivity contribution in [3.63, 3.8) is 0 Å². The van der Waals surface area contributed by atoms with Crippen molar-refractivity contribution in [2.24, 2.45) is 0 Å². The molecule has 0 aromatic heterocycles. The molecule has 27 heavy (non-hydrogen) atoms. The molecule has 0 fully saturated rings. The average Bonchev–Trinajstić information content (AvgIpc) is 2.72. The molecule has 0 bridgehead atoms. The van der Waals surface area contributed by atoms with E-state index < -0.39 is 6.10 Å². The zero-order chi connectivity index (χ0) is 19.2. The highest BCUT2D eigenvalue weighted by molar-refractivity contribution is 5.71. The van der Waals surface area contributed by atoms with Crippen LogP contribution in [0.4, 0.5) is 0 Å². The molecule has 0 radical (unpaired) electrons. The number of hydrogen-bond acceptors (Lipinski definition) is 4. The number of aliphatic hydroxyl groups excluding tert-OH is 1. The van der Waals surface area contributed by atoms with E-state index in [0.717, 1.165) is 28.2 Å². The molecule has 0 spiro atoms. The number of rotatable bonds is 6. The largest absolute Gasteiger partial charge is 0.508 e. The predicted octanol–water partition coefficient (Wildman–Crippen LogP) is 4.66. The summed E-state index contributed by atoms with van der Waals surface area (Å²) >= 11 is 0. The first kappa shape index (κ1) is 18.5. The molecule has 0 amide bonds. The lowest BCUT2D eigenvalue weighted by molar-refractivity contribution is 0.215. The maximum absolute atomic E-state index is 10.5. The molecule has 0 saturated carbocycles. The molecule has 4 heteroatoms. The van der Waals surface area contributed by atoms with Crippen molar-refractivity contribution in [1.82, 2.24) is 0 Å². The van der Waals surface area contributed by atoms with E-state index in [-0.39, 0.29) is 5.75 Å². The number of methoxy groups -OCH3 is 2. The van der Waals surface area contributed by atoms with E-state index in [1.54, 1.807) is 38.5 Å². The van der Waals surface area contributed by atoms with Gasteiger partial charge in [-0.2, -0.15) is 0 Å². The molecule has 3 rings (SSSR count). The Bertz CT molecular complexity index is 907. The molecule has 3 aromatic carbocycles. The summed E-state index contributed by atoms with van der Waals surface area (Å²) in [5, 5.41) is 20.4. The van der Waals surface area contributed by atoms with E-state index in [1.165, 1.54) is 0 Å². The fourth-order valence-corrected chi connectivity index (χ4v) is 2.81. The van der Waals surface area contributed by atoms with Gasteiger partial charge < -0.3 is 19.7 Å². The molecule has 0 aliphatic heterocycles. The molecule has 1 atom stereocenters. The van der Waals surface area contributed by atoms with Crippen molar-refractivity contribution in [2.75, 3.05) is 14.2 Å². The number of aromatic hydroxyl groups is 1. The van der Waals surface area contributed by atoms with Gasteiger partial charge in [0.2, 0.25) is 0 Å². The number of aliphatic hydroxyl groups is 1. The van der Waals surface area contributed by atoms with Gasteiger partial charge in [-0.15, -0.1) is 0 Å². The van der Waals surface area contributed by atoms with Crippen LogP contribution in [0.1, 0.15) is 28.4 Å². The number of ether oxygens (including phenoxy) is 2. The third kappa shape index (κ3) is 4.49. The van der Waals surface area contributed by atoms with Crippen LogP contribution in [0.2, 0.25) is 0 Å². The van der Waals surface area contributed by atoms with Gasteiger partial charge in [-0.3, -0.25) is 0 Å². The number of phenolic OH excluding ortho intramolecular Hbond substituents is 1. The average molecular weight is 362 g/mol. The molecule has 138 valence electrons. The van der Waals surface area contributed by atoms with Gasteiger partial charge in [0, 0.05) is 11.6 Å². The van der Waals surface area contributed by atoms with Gasteiger partial charge in [0.1, 0.15) is 23.4 Å². The van der Waals surface area contributed by atoms with Crippen LogP contribution in [0.3, 0.4) is 0 Å². The van der Waals surface area contributed by atoms with Gasteiger partial charge in [-0.05, 0) is 34.9 Å². The fraction of sp³-hybridized carbons (Fsp3) is 0.130. The molecule has 0 aliphatic carbocycles. The van der Waals surface area contributed by atoms with Gasteiger partial charge in [-0.1, -0.05) is 54.6 Å². The van der Waals surface area contributed by atoms with Crippen molar-refractivity contribution in [3.8, 4) is 17.2 Å². The molecular formula is C23H22O4. The fourth-order valence-electron chi connectivity index (χ4n) is 2.81. The minimum absolute atomic E-state index is 0.0842. The van der Waals surface area contributed by atoms with E-state index in [9.17, 15) is 10.2 Å². The van der Waals surface area contributed by atoms with Gasteiger partial charge >= 0.3 is 0 Å². The van der Waals surface area contributed by atoms with Crippen LogP contribution >= 0.6 is 0 Å². The summed E-state index contributed by atoms with van der Waals surface area (Å²) < 4.78 is 10.6. The second kappa shape index (κ2) is 8.43. The zero-order valence-corrected chi connectivity index (χ0v) is 15.3. The number of benzene rings is 3. The Hall–Kier alpha value is -3.24. The summed E-state index contributed by atoms with van der Waals surface area (Å²) in [6.45, 7) is 0. The lowest BCUT2D eigenvalue weighted by Crippen LogP contribution is -1.99. The predicted molar refractivity (Wildman–Crippen MR) is 107 cm³/mol. The standard InChI is InChI=1S/C23H22O4/c1-26-19-13-17(14-20(15-19)27-2)8-7-16-9-11-18(12-10-16)23(25)21-5-3-4-6-22(21)24/h3-15,23-25H,1-2H3/b8-7+. The normalized spacial score (nSPS) is 12.1. The van der Waals surface area contributed by atoms with Crippen LogP contribution < -0.4 is 9.47 Å². The lowest BCUT2D eigenvalue weighted by Gasteiger charge is -2.13. The Morgan fingerprint density at radius 2 is 1.37 bits per heavy atom. The molecule has 2 N–H and O–H groups in total. The zero-order valence-electron chi connectivity index (χ0n) is 15.3. The van der Waals surface area contributed by atoms with Crippen molar-refractivity contribution in [2.45, 2.75) is 6.10 Å². The van der Waals surface area contributed by atoms with Crippen LogP contribution in [-0.2, 0) is 0 Å². The lowest BCUT2D eigenvalue weighted by atomic mass is 9.99. The maximum Gasteiger partial charge on any atom is 0.123 e. The van der Waals surface area contributed by atoms with Crippen molar-refractivity contribution < 1.29 is 19.7 Å². The molecule has 4 nitrogen and oxygen atoms in total. The quantitative estimate of drug-likeness (QED) is 0.626. The van der Waals surface area contributed by atoms with Gasteiger partial charge in [0.15, 0.2) is 0 Å². The Morgan fingerprint density at radius 1 is 0.778 bits per heavy atom. The number of hydrogen-bond donors (Lipinski definition) is 2. The number of phenols is 1. The van der Waals surface area contributed by atoms with Crippen molar-refractivity contribution in [3.05, 3.63) is 89.0 Å². The van der Waals surface area contributed by atoms with E-state index >= 15 is 0 Å². The Balaban J connectivity index is 1.78. The first-order valence-corrected chi connectivity index (χ1v) is 8.58. The molecule has 3 aromatic rings. The summed E-state index contributed by atoms with van der Waals surface area (Å²) in [6, 6.07) is 20.0. The van der Waals surface area contributed by atoms with E-state index in [2.05, 4.69) is 0 Å². The van der Waals surface area contributed by atoms with Gasteiger partial charge in [0.05, 0.1) is 14.2 Å². The molecule has 0 aliphatic rings. The van der Waals surface area contributed by atoms with Crippen molar-refractivity contribution >= 4 is 12.2 Å². The third-order valence-electron chi connectivity index (χ3n) is 4.33. The van der Waals surface area contributed by atoms with Crippen LogP contribution in [0, 0.1) is 0 Å². The topological polar surface area (TPSA) is 58.9 Å². The SMILES string of the molecule is COc1cc(/C=C/c2ccc(C(O)c3ccccc3O)cc2)cc(OC)c1. The van der Waals surface area contributed by atoms with Gasteiger partial charge in [-0.25, -0.2) is 0 Å². The summed E-state index contributed by atoms with van der Waals surface area (Å²) in [7, 11) is 3.24. The first-order valence-electron chi connectivity index (χ1n) is 8.58. The van der Waals surface area contributed by atoms with Crippen LogP contribution in [0.25, 0.3) is 12.2 Å². The second-order valence-electron chi connectivity index (χ2n) is 6.11. The molecule has 0 saturated heterocycles. The highest BCUT2D eigenvalue weighted by Gasteiger charge is 2.13. The summed E-state index contributed by atoms with van der Waals surface area (Å²) in [5.74, 6) is 1.55. The summed E-state index contributed by atoms with van der Waals surface area (Å²) in [4.78, 5) is 0. The molecular weight excluding hydrogens is 340 g/mol. The third-order valence-corrected chi connectivity index (χ3v) is 4.33. The molecule has 0 heterocycles. The summed E-state index contributed by atoms with van der Waals surface area (Å²) in [6.07, 6.45) is 3.08. The van der Waals surface area contributed by atoms with Crippen LogP contribution in [0.15, 0.2) is 66.7 Å². The molecule has 1 unspecified atom stereocenters. The van der Waals surface area contributed by atoms with E-state index in [1.807, 2.05) is 54.6 Å². The Morgan fingerprint density at radius 3 is 1.96 bits per heavy atom. The minimum atomic E-state index is -0.869. The van der Waals surface area contributed by atoms with Crippen LogP contribution in [-0.4, -0.2) is 24.4 Å². The van der Waals surface area contributed by atoms with Gasteiger partial charge in [0.25, 0.3) is 0 Å². The smallest absolute Gasteiger partial charge is 0.123 e. The van der Waals surface area contributed by atoms with E-state index in [0.29, 0.717) is 5.56 Å². The Labute approximate surface area is 158 Å². The number of para-hydroxylation sites is 1. The highest BCUT2D eigenvalue weighted by atomic mass is 16.5. The van der Waals surface area contributed by atoms with E-state index in [4.69, 9.17) is 9.47 Å². The maximum atomic E-state index is 10.5. The van der Waals surface area contributed by atoms with Crippen molar-refractivity contribution in [1.29, 1.82) is 0 Å².